The monoisotopic (exact) mass is 568 g/mol. The highest BCUT2D eigenvalue weighted by Crippen LogP contribution is 2.35. The summed E-state index contributed by atoms with van der Waals surface area (Å²) in [5.74, 6) is -2.35. The zero-order valence-corrected chi connectivity index (χ0v) is 24.5. The second-order valence-electron chi connectivity index (χ2n) is 11.6. The van der Waals surface area contributed by atoms with Gasteiger partial charge in [0, 0.05) is 24.9 Å². The number of carbonyl (C=O) groups excluding carboxylic acids is 3. The van der Waals surface area contributed by atoms with Gasteiger partial charge in [-0.25, -0.2) is 4.79 Å². The second kappa shape index (κ2) is 13.0. The van der Waals surface area contributed by atoms with Crippen molar-refractivity contribution in [2.24, 2.45) is 17.8 Å². The highest BCUT2D eigenvalue weighted by molar-refractivity contribution is 7.08. The fourth-order valence-corrected chi connectivity index (χ4v) is 6.26. The summed E-state index contributed by atoms with van der Waals surface area (Å²) in [6, 6.07) is 7.48. The molecule has 216 valence electrons. The van der Waals surface area contributed by atoms with Gasteiger partial charge in [-0.15, -0.1) is 0 Å². The number of nitrogens with zero attached hydrogens (tertiary/aromatic N) is 3. The van der Waals surface area contributed by atoms with Crippen molar-refractivity contribution in [3.05, 3.63) is 41.1 Å². The molecule has 1 fully saturated rings. The quantitative estimate of drug-likeness (QED) is 0.300. The van der Waals surface area contributed by atoms with Crippen LogP contribution in [-0.2, 0) is 19.2 Å². The van der Waals surface area contributed by atoms with E-state index in [0.29, 0.717) is 30.2 Å². The third-order valence-electron chi connectivity index (χ3n) is 7.39. The molecule has 10 heteroatoms. The summed E-state index contributed by atoms with van der Waals surface area (Å²) in [7, 11) is 0. The third-order valence-corrected chi connectivity index (χ3v) is 8.06. The SMILES string of the molecule is CC(C)CN1C(=O)C(NC(C(=O)O)N(C(=O)CC2CCCC2)c2ccsc2)C(=O)N(CC(C)C)c2ccccc21. The lowest BCUT2D eigenvalue weighted by Gasteiger charge is -2.33. The van der Waals surface area contributed by atoms with Crippen LogP contribution in [0.25, 0.3) is 0 Å². The van der Waals surface area contributed by atoms with Crippen LogP contribution in [0.15, 0.2) is 41.1 Å². The Labute approximate surface area is 240 Å². The lowest BCUT2D eigenvalue weighted by molar-refractivity contribution is -0.142. The molecule has 4 rings (SSSR count). The summed E-state index contributed by atoms with van der Waals surface area (Å²) in [5.41, 5.74) is 1.65. The number of aliphatic carboxylic acids is 1. The van der Waals surface area contributed by atoms with Crippen LogP contribution in [-0.4, -0.2) is 54.1 Å². The first-order valence-corrected chi connectivity index (χ1v) is 15.1. The first-order chi connectivity index (χ1) is 19.1. The van der Waals surface area contributed by atoms with Gasteiger partial charge in [0.15, 0.2) is 12.2 Å². The van der Waals surface area contributed by atoms with Crippen molar-refractivity contribution in [3.8, 4) is 0 Å². The van der Waals surface area contributed by atoms with Crippen LogP contribution in [0.4, 0.5) is 17.1 Å². The number of carbonyl (C=O) groups is 4. The molecule has 1 aromatic carbocycles. The van der Waals surface area contributed by atoms with Crippen LogP contribution in [0.2, 0.25) is 0 Å². The molecule has 2 N–H and O–H groups in total. The fraction of sp³-hybridized carbons (Fsp3) is 0.533. The lowest BCUT2D eigenvalue weighted by Crippen LogP contribution is -2.64. The van der Waals surface area contributed by atoms with Crippen molar-refractivity contribution in [1.82, 2.24) is 5.32 Å². The van der Waals surface area contributed by atoms with E-state index in [1.807, 2.05) is 52.0 Å². The van der Waals surface area contributed by atoms with E-state index < -0.39 is 30.0 Å². The summed E-state index contributed by atoms with van der Waals surface area (Å²) in [4.78, 5) is 59.0. The Balaban J connectivity index is 1.75. The average molecular weight is 569 g/mol. The minimum absolute atomic E-state index is 0.0926. The number of rotatable bonds is 11. The zero-order valence-electron chi connectivity index (χ0n) is 23.7. The Morgan fingerprint density at radius 1 is 0.975 bits per heavy atom. The van der Waals surface area contributed by atoms with E-state index in [9.17, 15) is 24.3 Å². The van der Waals surface area contributed by atoms with Gasteiger partial charge in [-0.2, -0.15) is 11.3 Å². The summed E-state index contributed by atoms with van der Waals surface area (Å²) in [6.45, 7) is 8.63. The van der Waals surface area contributed by atoms with Crippen molar-refractivity contribution in [1.29, 1.82) is 0 Å². The molecule has 1 atom stereocenters. The average Bonchev–Trinajstić information content (AvgIpc) is 3.61. The van der Waals surface area contributed by atoms with Gasteiger partial charge in [-0.05, 0) is 54.2 Å². The molecule has 0 spiro atoms. The molecule has 1 aliphatic heterocycles. The van der Waals surface area contributed by atoms with Crippen molar-refractivity contribution in [2.75, 3.05) is 27.8 Å². The molecular weight excluding hydrogens is 528 g/mol. The molecular formula is C30H40N4O5S. The van der Waals surface area contributed by atoms with E-state index in [-0.39, 0.29) is 30.1 Å². The van der Waals surface area contributed by atoms with Crippen LogP contribution < -0.4 is 20.0 Å². The summed E-state index contributed by atoms with van der Waals surface area (Å²) < 4.78 is 0. The number of anilines is 3. The third kappa shape index (κ3) is 6.55. The van der Waals surface area contributed by atoms with Gasteiger partial charge >= 0.3 is 5.97 Å². The maximum Gasteiger partial charge on any atom is 0.342 e. The maximum atomic E-state index is 14.1. The predicted octanol–water partition coefficient (Wildman–Crippen LogP) is 4.72. The Bertz CT molecular complexity index is 1160. The first kappa shape index (κ1) is 29.7. The molecule has 0 saturated heterocycles. The number of hydrogen-bond acceptors (Lipinski definition) is 6. The Hall–Kier alpha value is -3.24. The molecule has 2 aliphatic rings. The molecule has 40 heavy (non-hydrogen) atoms. The Morgan fingerprint density at radius 3 is 1.98 bits per heavy atom. The van der Waals surface area contributed by atoms with Crippen LogP contribution in [0, 0.1) is 17.8 Å². The number of para-hydroxylation sites is 2. The molecule has 0 bridgehead atoms. The highest BCUT2D eigenvalue weighted by atomic mass is 32.1. The number of nitrogens with one attached hydrogen (secondary N) is 1. The maximum absolute atomic E-state index is 14.1. The lowest BCUT2D eigenvalue weighted by atomic mass is 10.0. The standard InChI is InChI=1S/C30H40N4O5S/c1-19(2)16-32-23-11-7-8-12-24(23)33(17-20(3)4)29(37)26(28(32)36)31-27(30(38)39)34(22-13-14-40-18-22)25(35)15-21-9-5-6-10-21/h7-8,11-14,18-21,26-27,31H,5-6,9-10,15-17H2,1-4H3,(H,38,39). The number of carboxylic acids is 1. The topological polar surface area (TPSA) is 110 Å². The summed E-state index contributed by atoms with van der Waals surface area (Å²) in [6.07, 6.45) is 2.59. The van der Waals surface area contributed by atoms with Crippen molar-refractivity contribution >= 4 is 52.1 Å². The smallest absolute Gasteiger partial charge is 0.342 e. The number of fused-ring (bicyclic) bond motifs is 1. The van der Waals surface area contributed by atoms with E-state index >= 15 is 0 Å². The van der Waals surface area contributed by atoms with E-state index in [4.69, 9.17) is 0 Å². The number of thiophene rings is 1. The van der Waals surface area contributed by atoms with Gasteiger partial charge in [0.2, 0.25) is 5.91 Å². The molecule has 9 nitrogen and oxygen atoms in total. The Morgan fingerprint density at radius 2 is 1.52 bits per heavy atom. The molecule has 2 aromatic rings. The summed E-state index contributed by atoms with van der Waals surface area (Å²) >= 11 is 1.35. The van der Waals surface area contributed by atoms with E-state index in [1.165, 1.54) is 16.2 Å². The number of amides is 3. The van der Waals surface area contributed by atoms with Crippen molar-refractivity contribution in [2.45, 2.75) is 72.0 Å². The zero-order chi connectivity index (χ0) is 29.0. The molecule has 0 radical (unpaired) electrons. The number of carboxylic acid groups (broad SMARTS) is 1. The van der Waals surface area contributed by atoms with E-state index in [1.54, 1.807) is 26.6 Å². The van der Waals surface area contributed by atoms with Crippen LogP contribution >= 0.6 is 11.3 Å². The number of benzene rings is 1. The van der Waals surface area contributed by atoms with Crippen molar-refractivity contribution < 1.29 is 24.3 Å². The van der Waals surface area contributed by atoms with Crippen LogP contribution in [0.1, 0.15) is 59.8 Å². The van der Waals surface area contributed by atoms with Gasteiger partial charge in [-0.1, -0.05) is 52.7 Å². The van der Waals surface area contributed by atoms with Crippen LogP contribution in [0.3, 0.4) is 0 Å². The predicted molar refractivity (Wildman–Crippen MR) is 158 cm³/mol. The highest BCUT2D eigenvalue weighted by Gasteiger charge is 2.44. The van der Waals surface area contributed by atoms with Gasteiger partial charge in [0.05, 0.1) is 17.1 Å². The molecule has 1 aliphatic carbocycles. The van der Waals surface area contributed by atoms with Gasteiger partial charge in [0.25, 0.3) is 11.8 Å². The van der Waals surface area contributed by atoms with Crippen molar-refractivity contribution in [3.63, 3.8) is 0 Å². The normalized spacial score (nSPS) is 17.4. The van der Waals surface area contributed by atoms with Gasteiger partial charge in [0.1, 0.15) is 0 Å². The van der Waals surface area contributed by atoms with Crippen LogP contribution in [0.5, 0.6) is 0 Å². The fourth-order valence-electron chi connectivity index (χ4n) is 5.63. The largest absolute Gasteiger partial charge is 0.479 e. The second-order valence-corrected chi connectivity index (χ2v) is 12.4. The minimum Gasteiger partial charge on any atom is -0.479 e. The first-order valence-electron chi connectivity index (χ1n) is 14.1. The Kier molecular flexibility index (Phi) is 9.63. The molecule has 1 saturated carbocycles. The van der Waals surface area contributed by atoms with E-state index in [2.05, 4.69) is 5.32 Å². The number of hydrogen-bond donors (Lipinski definition) is 2. The molecule has 1 unspecified atom stereocenters. The van der Waals surface area contributed by atoms with E-state index in [0.717, 1.165) is 25.7 Å². The molecule has 2 heterocycles. The summed E-state index contributed by atoms with van der Waals surface area (Å²) in [5, 5.41) is 16.8. The van der Waals surface area contributed by atoms with Gasteiger partial charge in [-0.3, -0.25) is 24.6 Å². The minimum atomic E-state index is -1.61. The molecule has 1 aromatic heterocycles. The van der Waals surface area contributed by atoms with Gasteiger partial charge < -0.3 is 14.9 Å². The molecule has 3 amide bonds.